The lowest BCUT2D eigenvalue weighted by atomic mass is 10.0. The van der Waals surface area contributed by atoms with Crippen molar-refractivity contribution in [2.24, 2.45) is 0 Å². The molecule has 0 fully saturated rings. The summed E-state index contributed by atoms with van der Waals surface area (Å²) in [7, 11) is 5.91. The van der Waals surface area contributed by atoms with Gasteiger partial charge in [0, 0.05) is 12.8 Å². The van der Waals surface area contributed by atoms with Crippen molar-refractivity contribution in [2.45, 2.75) is 238 Å². The van der Waals surface area contributed by atoms with Crippen LogP contribution in [0.3, 0.4) is 0 Å². The van der Waals surface area contributed by atoms with E-state index in [1.165, 1.54) is 109 Å². The van der Waals surface area contributed by atoms with Gasteiger partial charge in [-0.05, 0) is 64.2 Å². The number of likely N-dealkylation sites (N-methyl/N-ethyl adjacent to an activating group) is 1. The Hall–Kier alpha value is -3.27. The monoisotopic (exact) mass is 954 g/mol. The molecule has 0 aromatic rings. The Labute approximate surface area is 417 Å². The number of nitrogens with zero attached hydrogens (tertiary/aromatic N) is 1. The summed E-state index contributed by atoms with van der Waals surface area (Å²) in [5, 5.41) is 11.8. The van der Waals surface area contributed by atoms with Gasteiger partial charge in [-0.25, -0.2) is 0 Å². The quantitative estimate of drug-likeness (QED) is 0.0195. The number of hydrogen-bond acceptors (Lipinski definition) is 8. The van der Waals surface area contributed by atoms with Gasteiger partial charge in [-0.3, -0.25) is 9.59 Å². The molecule has 392 valence electrons. The number of carbonyl (C=O) groups excluding carboxylic acids is 3. The third kappa shape index (κ3) is 50.6. The summed E-state index contributed by atoms with van der Waals surface area (Å²) < 4.78 is 22.6. The first-order valence-electron chi connectivity index (χ1n) is 27.6. The molecule has 0 saturated carbocycles. The Kier molecular flexibility index (Phi) is 47.7. The first-order valence-corrected chi connectivity index (χ1v) is 27.6. The van der Waals surface area contributed by atoms with Crippen LogP contribution in [0.15, 0.2) is 72.9 Å². The molecule has 0 aliphatic rings. The Morgan fingerprint density at radius 2 is 0.838 bits per heavy atom. The molecule has 0 saturated heterocycles. The minimum Gasteiger partial charge on any atom is -0.545 e. The Morgan fingerprint density at radius 1 is 0.456 bits per heavy atom. The first kappa shape index (κ1) is 64.7. The van der Waals surface area contributed by atoms with Crippen LogP contribution in [-0.2, 0) is 33.3 Å². The number of quaternary nitrogens is 1. The number of aliphatic carboxylic acids is 1. The van der Waals surface area contributed by atoms with Gasteiger partial charge < -0.3 is 33.3 Å². The predicted octanol–water partition coefficient (Wildman–Crippen LogP) is 14.5. The average Bonchev–Trinajstić information content (AvgIpc) is 3.30. The zero-order valence-electron chi connectivity index (χ0n) is 44.5. The molecule has 0 radical (unpaired) electrons. The zero-order chi connectivity index (χ0) is 49.9. The zero-order valence-corrected chi connectivity index (χ0v) is 44.5. The molecule has 68 heavy (non-hydrogen) atoms. The van der Waals surface area contributed by atoms with Crippen molar-refractivity contribution in [3.8, 4) is 0 Å². The molecule has 0 bridgehead atoms. The Balaban J connectivity index is 4.35. The Morgan fingerprint density at radius 3 is 1.25 bits per heavy atom. The van der Waals surface area contributed by atoms with E-state index in [1.807, 2.05) is 21.1 Å². The summed E-state index contributed by atoms with van der Waals surface area (Å²) in [6.45, 7) is 4.62. The molecule has 9 heteroatoms. The SMILES string of the molecule is CC/C=C\C/C=C\C/C=C\C/C=C\C/C=C\C/C=C\CCCCCCC(=O)OC(COC(=O)CCCCCCCCCCCCCCCCCCCCCC)COC(OCC[N+](C)(C)C)C(=O)[O-]. The fourth-order valence-electron chi connectivity index (χ4n) is 7.48. The lowest BCUT2D eigenvalue weighted by molar-refractivity contribution is -0.870. The number of carbonyl (C=O) groups is 3. The van der Waals surface area contributed by atoms with Crippen LogP contribution in [-0.4, -0.2) is 82.3 Å². The number of esters is 2. The normalized spacial score (nSPS) is 13.4. The van der Waals surface area contributed by atoms with Gasteiger partial charge in [0.15, 0.2) is 12.4 Å². The fourth-order valence-corrected chi connectivity index (χ4v) is 7.48. The van der Waals surface area contributed by atoms with E-state index in [0.29, 0.717) is 17.4 Å². The second kappa shape index (κ2) is 50.1. The number of ether oxygens (including phenoxy) is 4. The number of carboxylic acids is 1. The average molecular weight is 954 g/mol. The van der Waals surface area contributed by atoms with Crippen molar-refractivity contribution in [2.75, 3.05) is 47.5 Å². The van der Waals surface area contributed by atoms with E-state index in [0.717, 1.165) is 83.5 Å². The highest BCUT2D eigenvalue weighted by atomic mass is 16.7. The number of hydrogen-bond donors (Lipinski definition) is 0. The molecule has 0 aromatic carbocycles. The fraction of sp³-hybridized carbons (Fsp3) is 0.746. The van der Waals surface area contributed by atoms with Crippen molar-refractivity contribution < 1.29 is 42.9 Å². The van der Waals surface area contributed by atoms with Gasteiger partial charge in [0.25, 0.3) is 0 Å². The van der Waals surface area contributed by atoms with E-state index >= 15 is 0 Å². The van der Waals surface area contributed by atoms with E-state index in [2.05, 4.69) is 86.8 Å². The van der Waals surface area contributed by atoms with E-state index in [1.54, 1.807) is 0 Å². The maximum Gasteiger partial charge on any atom is 0.306 e. The Bertz CT molecular complexity index is 1340. The van der Waals surface area contributed by atoms with Crippen molar-refractivity contribution in [1.29, 1.82) is 0 Å². The molecule has 0 N–H and O–H groups in total. The number of carboxylic acid groups (broad SMARTS) is 1. The minimum absolute atomic E-state index is 0.140. The topological polar surface area (TPSA) is 111 Å². The number of allylic oxidation sites excluding steroid dienone is 12. The van der Waals surface area contributed by atoms with E-state index in [-0.39, 0.29) is 38.6 Å². The van der Waals surface area contributed by atoms with Crippen LogP contribution < -0.4 is 5.11 Å². The van der Waals surface area contributed by atoms with E-state index in [4.69, 9.17) is 18.9 Å². The summed E-state index contributed by atoms with van der Waals surface area (Å²) in [4.78, 5) is 37.2. The molecule has 9 nitrogen and oxygen atoms in total. The van der Waals surface area contributed by atoms with Crippen molar-refractivity contribution in [3.63, 3.8) is 0 Å². The third-order valence-corrected chi connectivity index (χ3v) is 11.7. The minimum atomic E-state index is -1.63. The second-order valence-corrected chi connectivity index (χ2v) is 19.5. The first-order chi connectivity index (χ1) is 33.1. The lowest BCUT2D eigenvalue weighted by Gasteiger charge is -2.26. The molecule has 0 aliphatic carbocycles. The number of rotatable bonds is 50. The number of unbranched alkanes of at least 4 members (excludes halogenated alkanes) is 23. The predicted molar refractivity (Wildman–Crippen MR) is 283 cm³/mol. The molecular formula is C59H103NO8. The van der Waals surface area contributed by atoms with Crippen LogP contribution in [0.25, 0.3) is 0 Å². The van der Waals surface area contributed by atoms with Gasteiger partial charge in [0.1, 0.15) is 13.2 Å². The highest BCUT2D eigenvalue weighted by Gasteiger charge is 2.22. The lowest BCUT2D eigenvalue weighted by Crippen LogP contribution is -2.44. The van der Waals surface area contributed by atoms with Crippen LogP contribution in [0.4, 0.5) is 0 Å². The van der Waals surface area contributed by atoms with Crippen LogP contribution >= 0.6 is 0 Å². The van der Waals surface area contributed by atoms with Gasteiger partial charge in [-0.2, -0.15) is 0 Å². The maximum atomic E-state index is 12.8. The molecule has 0 amide bonds. The summed E-state index contributed by atoms with van der Waals surface area (Å²) >= 11 is 0. The maximum absolute atomic E-state index is 12.8. The van der Waals surface area contributed by atoms with E-state index < -0.39 is 24.3 Å². The molecule has 2 unspecified atom stereocenters. The van der Waals surface area contributed by atoms with Crippen molar-refractivity contribution in [3.05, 3.63) is 72.9 Å². The van der Waals surface area contributed by atoms with E-state index in [9.17, 15) is 19.5 Å². The summed E-state index contributed by atoms with van der Waals surface area (Å²) in [5.41, 5.74) is 0. The smallest absolute Gasteiger partial charge is 0.306 e. The van der Waals surface area contributed by atoms with Gasteiger partial charge in [0.2, 0.25) is 0 Å². The highest BCUT2D eigenvalue weighted by molar-refractivity contribution is 5.70. The van der Waals surface area contributed by atoms with Crippen LogP contribution in [0.5, 0.6) is 0 Å². The van der Waals surface area contributed by atoms with Crippen molar-refractivity contribution in [1.82, 2.24) is 0 Å². The summed E-state index contributed by atoms with van der Waals surface area (Å²) in [5.74, 6) is -2.32. The van der Waals surface area contributed by atoms with Crippen LogP contribution in [0.2, 0.25) is 0 Å². The van der Waals surface area contributed by atoms with Gasteiger partial charge in [-0.1, -0.05) is 222 Å². The molecule has 0 spiro atoms. The molecule has 0 aromatic heterocycles. The molecule has 0 rings (SSSR count). The van der Waals surface area contributed by atoms with Gasteiger partial charge in [0.05, 0.1) is 40.3 Å². The van der Waals surface area contributed by atoms with Crippen LogP contribution in [0, 0.1) is 0 Å². The standard InChI is InChI=1S/C59H103NO8/c1-6-8-10-12-14-16-18-20-22-24-26-28-29-30-32-34-36-38-40-42-44-46-48-50-57(62)68-55(54-67-59(58(63)64)65-52-51-60(3,4)5)53-66-56(61)49-47-45-43-41-39-37-35-33-31-27-25-23-21-19-17-15-13-11-9-7-2/h8,10,14,16,20,22,26,28,30,32,36,38,55,59H,6-7,9,11-13,15,17-19,21,23-25,27,29,31,33-35,37,39-54H2,1-5H3/b10-8-,16-14-,22-20-,28-26-,32-30-,38-36-. The second-order valence-electron chi connectivity index (χ2n) is 19.5. The molecular weight excluding hydrogens is 851 g/mol. The summed E-state index contributed by atoms with van der Waals surface area (Å²) in [6.07, 6.45) is 60.8. The highest BCUT2D eigenvalue weighted by Crippen LogP contribution is 2.16. The molecule has 0 aliphatic heterocycles. The molecule has 2 atom stereocenters. The van der Waals surface area contributed by atoms with Gasteiger partial charge in [-0.15, -0.1) is 0 Å². The summed E-state index contributed by atoms with van der Waals surface area (Å²) in [6, 6.07) is 0. The van der Waals surface area contributed by atoms with Gasteiger partial charge >= 0.3 is 11.9 Å². The van der Waals surface area contributed by atoms with Crippen molar-refractivity contribution >= 4 is 17.9 Å². The van der Waals surface area contributed by atoms with Crippen LogP contribution in [0.1, 0.15) is 226 Å². The largest absolute Gasteiger partial charge is 0.545 e. The third-order valence-electron chi connectivity index (χ3n) is 11.7. The molecule has 0 heterocycles.